The summed E-state index contributed by atoms with van der Waals surface area (Å²) in [5.74, 6) is -1.75. The fourth-order valence-corrected chi connectivity index (χ4v) is 4.34. The molecule has 1 aliphatic carbocycles. The molecular formula is C26H32N2O5. The first-order chi connectivity index (χ1) is 15.8. The number of allylic oxidation sites excluding steroid dienone is 2. The maximum Gasteiger partial charge on any atom is 0.307 e. The van der Waals surface area contributed by atoms with E-state index < -0.39 is 11.9 Å². The number of nitrogens with zero attached hydrogens (tertiary/aromatic N) is 2. The van der Waals surface area contributed by atoms with E-state index in [9.17, 15) is 19.8 Å². The summed E-state index contributed by atoms with van der Waals surface area (Å²) in [5, 5.41) is 21.4. The molecule has 7 nitrogen and oxygen atoms in total. The minimum Gasteiger partial charge on any atom is -0.508 e. The maximum absolute atomic E-state index is 13.2. The lowest BCUT2D eigenvalue weighted by Gasteiger charge is -2.32. The maximum atomic E-state index is 13.2. The van der Waals surface area contributed by atoms with Gasteiger partial charge in [-0.05, 0) is 45.9 Å². The topological polar surface area (TPSA) is 90.3 Å². The molecule has 0 bridgehead atoms. The van der Waals surface area contributed by atoms with Gasteiger partial charge in [-0.3, -0.25) is 9.59 Å². The van der Waals surface area contributed by atoms with Crippen LogP contribution in [-0.4, -0.2) is 48.1 Å². The number of aromatic hydroxyl groups is 2. The number of ether oxygens (including phenoxy) is 1. The van der Waals surface area contributed by atoms with E-state index in [-0.39, 0.29) is 28.6 Å². The smallest absolute Gasteiger partial charge is 0.307 e. The Labute approximate surface area is 194 Å². The molecule has 176 valence electrons. The Hall–Kier alpha value is -3.48. The van der Waals surface area contributed by atoms with Crippen LogP contribution in [0.3, 0.4) is 0 Å². The van der Waals surface area contributed by atoms with Crippen LogP contribution in [0.15, 0.2) is 42.2 Å². The fourth-order valence-electron chi connectivity index (χ4n) is 4.34. The number of carbonyl (C=O) groups excluding carboxylic acids is 2. The van der Waals surface area contributed by atoms with Gasteiger partial charge in [-0.15, -0.1) is 0 Å². The number of phenols is 2. The first-order valence-corrected chi connectivity index (χ1v) is 11.4. The normalized spacial score (nSPS) is 15.3. The van der Waals surface area contributed by atoms with Crippen molar-refractivity contribution in [2.75, 3.05) is 36.0 Å². The number of phenolic OH excluding ortho intramolecular Hbond substituents is 2. The van der Waals surface area contributed by atoms with Crippen molar-refractivity contribution in [2.24, 2.45) is 0 Å². The Morgan fingerprint density at radius 2 is 1.39 bits per heavy atom. The SMILES string of the molecule is CCN(CC)c1ccc(C2=C(OC(C)=O)C(c3ccc(N(CC)CC)cc3O)C2=O)c(O)c1. The number of carbonyl (C=O) groups is 2. The molecular weight excluding hydrogens is 420 g/mol. The van der Waals surface area contributed by atoms with E-state index in [1.54, 1.807) is 24.3 Å². The number of esters is 1. The summed E-state index contributed by atoms with van der Waals surface area (Å²) in [4.78, 5) is 29.2. The molecule has 2 aromatic rings. The van der Waals surface area contributed by atoms with E-state index in [4.69, 9.17) is 4.74 Å². The predicted octanol–water partition coefficient (Wildman–Crippen LogP) is 4.43. The van der Waals surface area contributed by atoms with Crippen LogP contribution >= 0.6 is 0 Å². The molecule has 0 fully saturated rings. The molecule has 1 unspecified atom stereocenters. The van der Waals surface area contributed by atoms with E-state index in [2.05, 4.69) is 9.80 Å². The largest absolute Gasteiger partial charge is 0.508 e. The molecule has 2 N–H and O–H groups in total. The quantitative estimate of drug-likeness (QED) is 0.544. The summed E-state index contributed by atoms with van der Waals surface area (Å²) < 4.78 is 5.42. The van der Waals surface area contributed by atoms with E-state index in [1.807, 2.05) is 39.8 Å². The average Bonchev–Trinajstić information content (AvgIpc) is 2.78. The van der Waals surface area contributed by atoms with Gasteiger partial charge in [0, 0.05) is 67.7 Å². The van der Waals surface area contributed by atoms with Crippen LogP contribution in [0.5, 0.6) is 11.5 Å². The third kappa shape index (κ3) is 4.53. The second-order valence-electron chi connectivity index (χ2n) is 7.92. The van der Waals surface area contributed by atoms with Crippen LogP contribution in [0.4, 0.5) is 11.4 Å². The van der Waals surface area contributed by atoms with Gasteiger partial charge in [0.1, 0.15) is 23.2 Å². The second-order valence-corrected chi connectivity index (χ2v) is 7.92. The Kier molecular flexibility index (Phi) is 7.31. The Bertz CT molecular complexity index is 1080. The third-order valence-electron chi connectivity index (χ3n) is 6.10. The van der Waals surface area contributed by atoms with Crippen LogP contribution < -0.4 is 9.80 Å². The number of benzene rings is 2. The van der Waals surface area contributed by atoms with Gasteiger partial charge < -0.3 is 24.7 Å². The molecule has 33 heavy (non-hydrogen) atoms. The molecule has 1 aliphatic rings. The van der Waals surface area contributed by atoms with Crippen molar-refractivity contribution in [3.63, 3.8) is 0 Å². The molecule has 0 aliphatic heterocycles. The third-order valence-corrected chi connectivity index (χ3v) is 6.10. The average molecular weight is 453 g/mol. The number of hydrogen-bond acceptors (Lipinski definition) is 7. The van der Waals surface area contributed by atoms with Gasteiger partial charge in [0.2, 0.25) is 0 Å². The highest BCUT2D eigenvalue weighted by molar-refractivity contribution is 6.33. The van der Waals surface area contributed by atoms with Crippen molar-refractivity contribution in [3.8, 4) is 11.5 Å². The molecule has 0 radical (unpaired) electrons. The van der Waals surface area contributed by atoms with E-state index in [1.165, 1.54) is 6.92 Å². The molecule has 0 saturated carbocycles. The van der Waals surface area contributed by atoms with Crippen molar-refractivity contribution < 1.29 is 24.5 Å². The molecule has 0 spiro atoms. The van der Waals surface area contributed by atoms with Crippen LogP contribution in [0, 0.1) is 0 Å². The summed E-state index contributed by atoms with van der Waals surface area (Å²) in [7, 11) is 0. The number of anilines is 2. The Morgan fingerprint density at radius 1 is 0.879 bits per heavy atom. The van der Waals surface area contributed by atoms with Crippen LogP contribution in [0.25, 0.3) is 5.57 Å². The number of Topliss-reactive ketones (excluding diaryl/α,β-unsaturated/α-hetero) is 1. The van der Waals surface area contributed by atoms with Crippen LogP contribution in [0.2, 0.25) is 0 Å². The van der Waals surface area contributed by atoms with Gasteiger partial charge in [0.25, 0.3) is 0 Å². The zero-order valence-corrected chi connectivity index (χ0v) is 19.9. The fraction of sp³-hybridized carbons (Fsp3) is 0.385. The van der Waals surface area contributed by atoms with Gasteiger partial charge in [0.05, 0.1) is 5.57 Å². The lowest BCUT2D eigenvalue weighted by molar-refractivity contribution is -0.138. The molecule has 1 atom stereocenters. The first kappa shape index (κ1) is 24.2. The van der Waals surface area contributed by atoms with Gasteiger partial charge in [0.15, 0.2) is 5.78 Å². The van der Waals surface area contributed by atoms with Crippen molar-refractivity contribution >= 4 is 28.7 Å². The second kappa shape index (κ2) is 9.98. The van der Waals surface area contributed by atoms with Crippen molar-refractivity contribution in [2.45, 2.75) is 40.5 Å². The summed E-state index contributed by atoms with van der Waals surface area (Å²) in [6.07, 6.45) is 0. The molecule has 7 heteroatoms. The number of ketones is 1. The zero-order valence-electron chi connectivity index (χ0n) is 19.9. The monoisotopic (exact) mass is 452 g/mol. The van der Waals surface area contributed by atoms with E-state index in [0.29, 0.717) is 11.1 Å². The van der Waals surface area contributed by atoms with Gasteiger partial charge >= 0.3 is 5.97 Å². The highest BCUT2D eigenvalue weighted by atomic mass is 16.5. The highest BCUT2D eigenvalue weighted by Crippen LogP contribution is 2.49. The summed E-state index contributed by atoms with van der Waals surface area (Å²) in [6.45, 7) is 12.5. The molecule has 2 aromatic carbocycles. The van der Waals surface area contributed by atoms with Crippen molar-refractivity contribution in [1.82, 2.24) is 0 Å². The Morgan fingerprint density at radius 3 is 1.85 bits per heavy atom. The minimum atomic E-state index is -0.906. The lowest BCUT2D eigenvalue weighted by atomic mass is 9.74. The standard InChI is InChI=1S/C26H32N2O5/c1-6-27(7-2)17-10-12-19(21(30)14-17)23-25(32)24(26(23)33-16(5)29)20-13-11-18(15-22(20)31)28(8-3)9-4/h10-15,23,30-31H,6-9H2,1-5H3. The van der Waals surface area contributed by atoms with Gasteiger partial charge in [-0.25, -0.2) is 0 Å². The molecule has 0 saturated heterocycles. The van der Waals surface area contributed by atoms with Gasteiger partial charge in [-0.2, -0.15) is 0 Å². The first-order valence-electron chi connectivity index (χ1n) is 11.4. The van der Waals surface area contributed by atoms with E-state index >= 15 is 0 Å². The lowest BCUT2D eigenvalue weighted by Crippen LogP contribution is -2.31. The minimum absolute atomic E-state index is 0.0393. The molecule has 0 heterocycles. The summed E-state index contributed by atoms with van der Waals surface area (Å²) in [6, 6.07) is 10.3. The van der Waals surface area contributed by atoms with Crippen LogP contribution in [-0.2, 0) is 14.3 Å². The highest BCUT2D eigenvalue weighted by Gasteiger charge is 2.45. The Balaban J connectivity index is 2.05. The predicted molar refractivity (Wildman–Crippen MR) is 130 cm³/mol. The van der Waals surface area contributed by atoms with Crippen LogP contribution in [0.1, 0.15) is 51.7 Å². The van der Waals surface area contributed by atoms with E-state index in [0.717, 1.165) is 37.6 Å². The number of hydrogen-bond donors (Lipinski definition) is 2. The van der Waals surface area contributed by atoms with Crippen molar-refractivity contribution in [1.29, 1.82) is 0 Å². The summed E-state index contributed by atoms with van der Waals surface area (Å²) in [5.41, 5.74) is 2.52. The van der Waals surface area contributed by atoms with Gasteiger partial charge in [-0.1, -0.05) is 6.07 Å². The summed E-state index contributed by atoms with van der Waals surface area (Å²) >= 11 is 0. The molecule has 3 rings (SSSR count). The molecule has 0 amide bonds. The zero-order chi connectivity index (χ0) is 24.3. The molecule has 0 aromatic heterocycles. The number of rotatable bonds is 9. The van der Waals surface area contributed by atoms with Crippen molar-refractivity contribution in [3.05, 3.63) is 53.3 Å².